The van der Waals surface area contributed by atoms with Gasteiger partial charge in [-0.2, -0.15) is 0 Å². The normalized spacial score (nSPS) is 18.6. The molecule has 1 aromatic rings. The van der Waals surface area contributed by atoms with Crippen LogP contribution in [0.25, 0.3) is 0 Å². The predicted octanol–water partition coefficient (Wildman–Crippen LogP) is 2.20. The molecule has 1 atom stereocenters. The molecule has 0 radical (unpaired) electrons. The van der Waals surface area contributed by atoms with Crippen molar-refractivity contribution in [3.63, 3.8) is 0 Å². The highest BCUT2D eigenvalue weighted by atomic mass is 16.5. The maximum Gasteiger partial charge on any atom is 0.221 e. The molecule has 1 aliphatic heterocycles. The van der Waals surface area contributed by atoms with Crippen LogP contribution in [0.5, 0.6) is 5.75 Å². The lowest BCUT2D eigenvalue weighted by atomic mass is 10.1. The van der Waals surface area contributed by atoms with Crippen LogP contribution in [0.3, 0.4) is 0 Å². The SMILES string of the molecule is CCCC1COCCN1CCC(=O)NCc1ccc(OC)cc1. The molecular formula is C18H28N2O3. The first kappa shape index (κ1) is 17.8. The number of morpholine rings is 1. The molecule has 1 N–H and O–H groups in total. The quantitative estimate of drug-likeness (QED) is 0.798. The van der Waals surface area contributed by atoms with Gasteiger partial charge in [0, 0.05) is 32.1 Å². The number of nitrogens with zero attached hydrogens (tertiary/aromatic N) is 1. The van der Waals surface area contributed by atoms with E-state index in [1.165, 1.54) is 0 Å². The standard InChI is InChI=1S/C18H28N2O3/c1-3-4-16-14-23-12-11-20(16)10-9-18(21)19-13-15-5-7-17(22-2)8-6-15/h5-8,16H,3-4,9-14H2,1-2H3,(H,19,21). The second-order valence-electron chi connectivity index (χ2n) is 5.93. The van der Waals surface area contributed by atoms with Crippen LogP contribution < -0.4 is 10.1 Å². The van der Waals surface area contributed by atoms with Crippen LogP contribution in [-0.4, -0.2) is 50.3 Å². The maximum atomic E-state index is 12.1. The van der Waals surface area contributed by atoms with Gasteiger partial charge in [0.25, 0.3) is 0 Å². The van der Waals surface area contributed by atoms with E-state index in [0.717, 1.165) is 50.5 Å². The van der Waals surface area contributed by atoms with Crippen molar-refractivity contribution in [1.82, 2.24) is 10.2 Å². The third-order valence-electron chi connectivity index (χ3n) is 4.25. The van der Waals surface area contributed by atoms with E-state index in [-0.39, 0.29) is 5.91 Å². The summed E-state index contributed by atoms with van der Waals surface area (Å²) in [5.74, 6) is 0.928. The summed E-state index contributed by atoms with van der Waals surface area (Å²) in [6, 6.07) is 8.22. The second-order valence-corrected chi connectivity index (χ2v) is 5.93. The molecule has 1 aliphatic rings. The van der Waals surface area contributed by atoms with Crippen LogP contribution in [0.4, 0.5) is 0 Å². The average molecular weight is 320 g/mol. The molecule has 1 aromatic carbocycles. The molecule has 0 aromatic heterocycles. The maximum absolute atomic E-state index is 12.1. The molecular weight excluding hydrogens is 292 g/mol. The number of ether oxygens (including phenoxy) is 2. The lowest BCUT2D eigenvalue weighted by molar-refractivity contribution is -0.122. The fourth-order valence-corrected chi connectivity index (χ4v) is 2.86. The zero-order valence-electron chi connectivity index (χ0n) is 14.2. The Morgan fingerprint density at radius 3 is 2.87 bits per heavy atom. The van der Waals surface area contributed by atoms with Gasteiger partial charge in [-0.3, -0.25) is 9.69 Å². The first-order valence-corrected chi connectivity index (χ1v) is 8.44. The lowest BCUT2D eigenvalue weighted by Gasteiger charge is -2.35. The number of hydrogen-bond donors (Lipinski definition) is 1. The van der Waals surface area contributed by atoms with Crippen LogP contribution in [0, 0.1) is 0 Å². The molecule has 1 saturated heterocycles. The van der Waals surface area contributed by atoms with Gasteiger partial charge >= 0.3 is 0 Å². The van der Waals surface area contributed by atoms with Crippen molar-refractivity contribution in [3.05, 3.63) is 29.8 Å². The van der Waals surface area contributed by atoms with Gasteiger partial charge in [-0.1, -0.05) is 25.5 Å². The molecule has 5 nitrogen and oxygen atoms in total. The first-order valence-electron chi connectivity index (χ1n) is 8.44. The van der Waals surface area contributed by atoms with Crippen LogP contribution >= 0.6 is 0 Å². The van der Waals surface area contributed by atoms with Crippen molar-refractivity contribution in [3.8, 4) is 5.75 Å². The zero-order valence-corrected chi connectivity index (χ0v) is 14.2. The minimum Gasteiger partial charge on any atom is -0.497 e. The Labute approximate surface area is 139 Å². The Hall–Kier alpha value is -1.59. The highest BCUT2D eigenvalue weighted by molar-refractivity contribution is 5.76. The van der Waals surface area contributed by atoms with Gasteiger partial charge in [0.2, 0.25) is 5.91 Å². The van der Waals surface area contributed by atoms with Crippen molar-refractivity contribution < 1.29 is 14.3 Å². The largest absolute Gasteiger partial charge is 0.497 e. The first-order chi connectivity index (χ1) is 11.2. The van der Waals surface area contributed by atoms with Crippen molar-refractivity contribution in [1.29, 1.82) is 0 Å². The number of hydrogen-bond acceptors (Lipinski definition) is 4. The van der Waals surface area contributed by atoms with Gasteiger partial charge in [-0.15, -0.1) is 0 Å². The van der Waals surface area contributed by atoms with E-state index in [4.69, 9.17) is 9.47 Å². The minimum atomic E-state index is 0.0996. The third-order valence-corrected chi connectivity index (χ3v) is 4.25. The molecule has 5 heteroatoms. The molecule has 0 bridgehead atoms. The Balaban J connectivity index is 1.71. The summed E-state index contributed by atoms with van der Waals surface area (Å²) < 4.78 is 10.7. The molecule has 1 amide bonds. The van der Waals surface area contributed by atoms with Gasteiger partial charge in [0.15, 0.2) is 0 Å². The van der Waals surface area contributed by atoms with Gasteiger partial charge in [0.05, 0.1) is 20.3 Å². The highest BCUT2D eigenvalue weighted by Crippen LogP contribution is 2.13. The van der Waals surface area contributed by atoms with Gasteiger partial charge in [0.1, 0.15) is 5.75 Å². The summed E-state index contributed by atoms with van der Waals surface area (Å²) in [7, 11) is 1.65. The summed E-state index contributed by atoms with van der Waals surface area (Å²) in [4.78, 5) is 14.4. The molecule has 23 heavy (non-hydrogen) atoms. The van der Waals surface area contributed by atoms with Crippen molar-refractivity contribution >= 4 is 5.91 Å². The number of benzene rings is 1. The average Bonchev–Trinajstić information content (AvgIpc) is 2.60. The minimum absolute atomic E-state index is 0.0996. The van der Waals surface area contributed by atoms with E-state index in [9.17, 15) is 4.79 Å². The molecule has 0 spiro atoms. The van der Waals surface area contributed by atoms with Crippen LogP contribution in [-0.2, 0) is 16.1 Å². The van der Waals surface area contributed by atoms with Gasteiger partial charge in [-0.05, 0) is 24.1 Å². The molecule has 1 fully saturated rings. The van der Waals surface area contributed by atoms with Crippen molar-refractivity contribution in [2.45, 2.75) is 38.8 Å². The Morgan fingerprint density at radius 2 is 2.17 bits per heavy atom. The van der Waals surface area contributed by atoms with E-state index < -0.39 is 0 Å². The summed E-state index contributed by atoms with van der Waals surface area (Å²) in [6.07, 6.45) is 2.82. The highest BCUT2D eigenvalue weighted by Gasteiger charge is 2.22. The molecule has 128 valence electrons. The molecule has 0 aliphatic carbocycles. The van der Waals surface area contributed by atoms with Crippen molar-refractivity contribution in [2.24, 2.45) is 0 Å². The van der Waals surface area contributed by atoms with Crippen LogP contribution in [0.1, 0.15) is 31.7 Å². The fraction of sp³-hybridized carbons (Fsp3) is 0.611. The summed E-state index contributed by atoms with van der Waals surface area (Å²) in [5.41, 5.74) is 1.08. The van der Waals surface area contributed by atoms with Crippen LogP contribution in [0.15, 0.2) is 24.3 Å². The van der Waals surface area contributed by atoms with E-state index in [0.29, 0.717) is 19.0 Å². The predicted molar refractivity (Wildman–Crippen MR) is 90.5 cm³/mol. The summed E-state index contributed by atoms with van der Waals surface area (Å²) in [6.45, 7) is 6.05. The van der Waals surface area contributed by atoms with Crippen LogP contribution in [0.2, 0.25) is 0 Å². The topological polar surface area (TPSA) is 50.8 Å². The Bertz CT molecular complexity index is 474. The monoisotopic (exact) mass is 320 g/mol. The molecule has 0 saturated carbocycles. The van der Waals surface area contributed by atoms with E-state index >= 15 is 0 Å². The second kappa shape index (κ2) is 9.53. The number of amides is 1. The van der Waals surface area contributed by atoms with Gasteiger partial charge in [-0.25, -0.2) is 0 Å². The van der Waals surface area contributed by atoms with Crippen molar-refractivity contribution in [2.75, 3.05) is 33.4 Å². The number of rotatable bonds is 8. The van der Waals surface area contributed by atoms with E-state index in [2.05, 4.69) is 17.1 Å². The van der Waals surface area contributed by atoms with E-state index in [1.54, 1.807) is 7.11 Å². The number of nitrogens with one attached hydrogen (secondary N) is 1. The summed E-state index contributed by atoms with van der Waals surface area (Å²) in [5, 5.41) is 2.99. The smallest absolute Gasteiger partial charge is 0.221 e. The fourth-order valence-electron chi connectivity index (χ4n) is 2.86. The number of carbonyl (C=O) groups is 1. The Kier molecular flexibility index (Phi) is 7.36. The summed E-state index contributed by atoms with van der Waals surface area (Å²) >= 11 is 0. The third kappa shape index (κ3) is 5.84. The molecule has 2 rings (SSSR count). The van der Waals surface area contributed by atoms with Gasteiger partial charge < -0.3 is 14.8 Å². The number of carbonyl (C=O) groups excluding carboxylic acids is 1. The zero-order chi connectivity index (χ0) is 16.5. The molecule has 1 heterocycles. The lowest BCUT2D eigenvalue weighted by Crippen LogP contribution is -2.46. The molecule has 1 unspecified atom stereocenters. The Morgan fingerprint density at radius 1 is 1.39 bits per heavy atom. The van der Waals surface area contributed by atoms with E-state index in [1.807, 2.05) is 24.3 Å². The number of methoxy groups -OCH3 is 1.